The van der Waals surface area contributed by atoms with Crippen LogP contribution in [0.1, 0.15) is 11.1 Å². The molecule has 0 aliphatic heterocycles. The van der Waals surface area contributed by atoms with Crippen LogP contribution in [0.3, 0.4) is 0 Å². The summed E-state index contributed by atoms with van der Waals surface area (Å²) in [7, 11) is -3.88. The summed E-state index contributed by atoms with van der Waals surface area (Å²) < 4.78 is 52.7. The van der Waals surface area contributed by atoms with Crippen LogP contribution < -0.4 is 4.72 Å². The van der Waals surface area contributed by atoms with Gasteiger partial charge in [-0.05, 0) is 24.6 Å². The van der Waals surface area contributed by atoms with Crippen molar-refractivity contribution >= 4 is 15.7 Å². The Bertz CT molecular complexity index is 709. The molecule has 2 aromatic rings. The quantitative estimate of drug-likeness (QED) is 0.942. The lowest BCUT2D eigenvalue weighted by molar-refractivity contribution is 0.582. The molecule has 2 rings (SSSR count). The maximum absolute atomic E-state index is 13.4. The average molecular weight is 297 g/mol. The first-order valence-corrected chi connectivity index (χ1v) is 7.53. The van der Waals surface area contributed by atoms with Crippen LogP contribution in [0, 0.1) is 18.6 Å². The fourth-order valence-electron chi connectivity index (χ4n) is 1.81. The highest BCUT2D eigenvalue weighted by molar-refractivity contribution is 7.91. The number of anilines is 1. The fraction of sp³-hybridized carbons (Fsp3) is 0.143. The van der Waals surface area contributed by atoms with Crippen LogP contribution in [0.4, 0.5) is 14.5 Å². The molecular formula is C14H13F2NO2S. The summed E-state index contributed by atoms with van der Waals surface area (Å²) in [6, 6.07) is 10.1. The summed E-state index contributed by atoms with van der Waals surface area (Å²) in [5, 5.41) is 0. The minimum absolute atomic E-state index is 0.345. The second-order valence-electron chi connectivity index (χ2n) is 4.45. The zero-order chi connectivity index (χ0) is 14.8. The minimum Gasteiger partial charge on any atom is -0.278 e. The molecule has 0 aliphatic rings. The second kappa shape index (κ2) is 5.58. The van der Waals surface area contributed by atoms with E-state index in [0.29, 0.717) is 5.56 Å². The van der Waals surface area contributed by atoms with Gasteiger partial charge in [-0.1, -0.05) is 35.9 Å². The summed E-state index contributed by atoms with van der Waals surface area (Å²) in [4.78, 5) is 0. The molecule has 0 unspecified atom stereocenters. The second-order valence-corrected chi connectivity index (χ2v) is 6.17. The van der Waals surface area contributed by atoms with E-state index in [2.05, 4.69) is 0 Å². The Balaban J connectivity index is 2.24. The predicted octanol–water partition coefficient (Wildman–Crippen LogP) is 3.22. The van der Waals surface area contributed by atoms with Gasteiger partial charge in [-0.25, -0.2) is 17.2 Å². The highest BCUT2D eigenvalue weighted by Crippen LogP contribution is 2.20. The van der Waals surface area contributed by atoms with E-state index in [4.69, 9.17) is 0 Å². The third-order valence-corrected chi connectivity index (χ3v) is 3.89. The molecule has 3 nitrogen and oxygen atoms in total. The lowest BCUT2D eigenvalue weighted by atomic mass is 10.2. The molecule has 0 spiro atoms. The lowest BCUT2D eigenvalue weighted by Crippen LogP contribution is -2.17. The zero-order valence-corrected chi connectivity index (χ0v) is 11.5. The van der Waals surface area contributed by atoms with Crippen molar-refractivity contribution in [3.63, 3.8) is 0 Å². The normalized spacial score (nSPS) is 11.3. The molecule has 1 N–H and O–H groups in total. The van der Waals surface area contributed by atoms with E-state index in [1.807, 2.05) is 17.7 Å². The number of aryl methyl sites for hydroxylation is 1. The zero-order valence-electron chi connectivity index (χ0n) is 10.7. The molecule has 0 aromatic heterocycles. The topological polar surface area (TPSA) is 46.2 Å². The Morgan fingerprint density at radius 1 is 1.05 bits per heavy atom. The van der Waals surface area contributed by atoms with Crippen molar-refractivity contribution < 1.29 is 17.2 Å². The summed E-state index contributed by atoms with van der Waals surface area (Å²) in [6.07, 6.45) is 0. The first kappa shape index (κ1) is 14.5. The van der Waals surface area contributed by atoms with Crippen LogP contribution in [-0.4, -0.2) is 8.42 Å². The van der Waals surface area contributed by atoms with Gasteiger partial charge in [0.1, 0.15) is 17.3 Å². The van der Waals surface area contributed by atoms with E-state index >= 15 is 0 Å². The molecule has 2 aromatic carbocycles. The van der Waals surface area contributed by atoms with Crippen LogP contribution in [0.2, 0.25) is 0 Å². The van der Waals surface area contributed by atoms with E-state index in [-0.39, 0.29) is 5.75 Å². The highest BCUT2D eigenvalue weighted by Gasteiger charge is 2.17. The third kappa shape index (κ3) is 3.54. The van der Waals surface area contributed by atoms with Gasteiger partial charge >= 0.3 is 0 Å². The molecule has 0 saturated carbocycles. The number of nitrogens with one attached hydrogen (secondary N) is 1. The van der Waals surface area contributed by atoms with Crippen LogP contribution in [0.25, 0.3) is 0 Å². The number of sulfonamides is 1. The van der Waals surface area contributed by atoms with Crippen molar-refractivity contribution in [2.75, 3.05) is 4.72 Å². The van der Waals surface area contributed by atoms with Crippen LogP contribution in [0.5, 0.6) is 0 Å². The van der Waals surface area contributed by atoms with Gasteiger partial charge in [-0.15, -0.1) is 0 Å². The first-order chi connectivity index (χ1) is 9.37. The summed E-state index contributed by atoms with van der Waals surface area (Å²) >= 11 is 0. The first-order valence-electron chi connectivity index (χ1n) is 5.87. The molecule has 0 atom stereocenters. The van der Waals surface area contributed by atoms with Crippen LogP contribution in [0.15, 0.2) is 42.5 Å². The maximum Gasteiger partial charge on any atom is 0.237 e. The molecule has 0 saturated heterocycles. The third-order valence-electron chi connectivity index (χ3n) is 2.66. The SMILES string of the molecule is Cc1cccc(CS(=O)(=O)Nc2c(F)cccc2F)c1. The smallest absolute Gasteiger partial charge is 0.237 e. The van der Waals surface area contributed by atoms with Crippen molar-refractivity contribution in [3.05, 3.63) is 65.2 Å². The Hall–Kier alpha value is -1.95. The van der Waals surface area contributed by atoms with Crippen molar-refractivity contribution in [3.8, 4) is 0 Å². The van der Waals surface area contributed by atoms with E-state index < -0.39 is 27.3 Å². The Morgan fingerprint density at radius 2 is 1.65 bits per heavy atom. The number of halogens is 2. The monoisotopic (exact) mass is 297 g/mol. The molecule has 106 valence electrons. The molecule has 0 bridgehead atoms. The molecule has 0 fully saturated rings. The van der Waals surface area contributed by atoms with Crippen molar-refractivity contribution in [1.82, 2.24) is 0 Å². The predicted molar refractivity (Wildman–Crippen MR) is 73.8 cm³/mol. The lowest BCUT2D eigenvalue weighted by Gasteiger charge is -2.10. The van der Waals surface area contributed by atoms with Gasteiger partial charge in [0.05, 0.1) is 5.75 Å². The minimum atomic E-state index is -3.88. The highest BCUT2D eigenvalue weighted by atomic mass is 32.2. The van der Waals surface area contributed by atoms with Gasteiger partial charge in [0.2, 0.25) is 10.0 Å². The van der Waals surface area contributed by atoms with Gasteiger partial charge < -0.3 is 0 Å². The van der Waals surface area contributed by atoms with Gasteiger partial charge in [0.15, 0.2) is 0 Å². The largest absolute Gasteiger partial charge is 0.278 e. The number of benzene rings is 2. The van der Waals surface area contributed by atoms with Gasteiger partial charge in [0.25, 0.3) is 0 Å². The summed E-state index contributed by atoms with van der Waals surface area (Å²) in [6.45, 7) is 1.83. The van der Waals surface area contributed by atoms with Crippen LogP contribution in [-0.2, 0) is 15.8 Å². The number of para-hydroxylation sites is 1. The van der Waals surface area contributed by atoms with E-state index in [1.54, 1.807) is 18.2 Å². The Morgan fingerprint density at radius 3 is 2.25 bits per heavy atom. The molecule has 20 heavy (non-hydrogen) atoms. The van der Waals surface area contributed by atoms with E-state index in [0.717, 1.165) is 17.7 Å². The van der Waals surface area contributed by atoms with Crippen molar-refractivity contribution in [2.24, 2.45) is 0 Å². The van der Waals surface area contributed by atoms with Gasteiger partial charge in [-0.2, -0.15) is 0 Å². The number of hydrogen-bond donors (Lipinski definition) is 1. The molecule has 0 amide bonds. The van der Waals surface area contributed by atoms with E-state index in [9.17, 15) is 17.2 Å². The standard InChI is InChI=1S/C14H13F2NO2S/c1-10-4-2-5-11(8-10)9-20(18,19)17-14-12(15)6-3-7-13(14)16/h2-8,17H,9H2,1H3. The van der Waals surface area contributed by atoms with Crippen molar-refractivity contribution in [2.45, 2.75) is 12.7 Å². The average Bonchev–Trinajstić information content (AvgIpc) is 2.33. The van der Waals surface area contributed by atoms with Crippen molar-refractivity contribution in [1.29, 1.82) is 0 Å². The molecule has 0 aliphatic carbocycles. The summed E-state index contributed by atoms with van der Waals surface area (Å²) in [5.41, 5.74) is 0.809. The molecule has 6 heteroatoms. The summed E-state index contributed by atoms with van der Waals surface area (Å²) in [5.74, 6) is -2.24. The van der Waals surface area contributed by atoms with E-state index in [1.165, 1.54) is 6.07 Å². The Labute approximate surface area is 116 Å². The van der Waals surface area contributed by atoms with Gasteiger partial charge in [0, 0.05) is 0 Å². The molecule has 0 heterocycles. The van der Waals surface area contributed by atoms with Gasteiger partial charge in [-0.3, -0.25) is 4.72 Å². The van der Waals surface area contributed by atoms with Crippen LogP contribution >= 0.6 is 0 Å². The number of hydrogen-bond acceptors (Lipinski definition) is 2. The maximum atomic E-state index is 13.4. The number of rotatable bonds is 4. The molecule has 0 radical (unpaired) electrons. The molecular weight excluding hydrogens is 284 g/mol. The fourth-order valence-corrected chi connectivity index (χ4v) is 3.00. The Kier molecular flexibility index (Phi) is 4.04.